The molecule has 6 heteroatoms. The van der Waals surface area contributed by atoms with Gasteiger partial charge in [-0.1, -0.05) is 11.3 Å². The molecular formula is C9H7BrFN3S. The first-order valence-electron chi connectivity index (χ1n) is 4.08. The van der Waals surface area contributed by atoms with E-state index in [0.29, 0.717) is 20.3 Å². The summed E-state index contributed by atoms with van der Waals surface area (Å²) in [7, 11) is 0. The van der Waals surface area contributed by atoms with E-state index in [1.165, 1.54) is 17.4 Å². The Morgan fingerprint density at radius 2 is 2.27 bits per heavy atom. The fourth-order valence-corrected chi connectivity index (χ4v) is 1.89. The fourth-order valence-electron chi connectivity index (χ4n) is 1.04. The minimum absolute atomic E-state index is 0.315. The zero-order chi connectivity index (χ0) is 10.8. The minimum atomic E-state index is -0.315. The molecule has 1 aromatic heterocycles. The van der Waals surface area contributed by atoms with E-state index in [0.717, 1.165) is 0 Å². The molecule has 0 amide bonds. The molecule has 3 N–H and O–H groups in total. The Hall–Kier alpha value is -1.14. The van der Waals surface area contributed by atoms with Crippen LogP contribution in [-0.4, -0.2) is 4.98 Å². The summed E-state index contributed by atoms with van der Waals surface area (Å²) >= 11 is 4.40. The second-order valence-electron chi connectivity index (χ2n) is 2.82. The van der Waals surface area contributed by atoms with Gasteiger partial charge in [0.05, 0.1) is 10.7 Å². The molecule has 0 atom stereocenters. The Kier molecular flexibility index (Phi) is 2.88. The molecule has 1 aromatic carbocycles. The molecule has 0 aliphatic rings. The smallest absolute Gasteiger partial charge is 0.189 e. The maximum Gasteiger partial charge on any atom is 0.189 e. The van der Waals surface area contributed by atoms with Crippen molar-refractivity contribution in [1.29, 1.82) is 0 Å². The highest BCUT2D eigenvalue weighted by atomic mass is 79.9. The average Bonchev–Trinajstić information content (AvgIpc) is 2.58. The normalized spacial score (nSPS) is 10.3. The number of benzene rings is 1. The molecular weight excluding hydrogens is 281 g/mol. The average molecular weight is 288 g/mol. The van der Waals surface area contributed by atoms with Crippen LogP contribution in [0, 0.1) is 5.82 Å². The number of aromatic nitrogens is 1. The summed E-state index contributed by atoms with van der Waals surface area (Å²) in [6, 6.07) is 4.78. The van der Waals surface area contributed by atoms with E-state index >= 15 is 0 Å². The van der Waals surface area contributed by atoms with Gasteiger partial charge in [0.2, 0.25) is 0 Å². The summed E-state index contributed by atoms with van der Waals surface area (Å²) in [5, 5.41) is 4.23. The highest BCUT2D eigenvalue weighted by Crippen LogP contribution is 2.26. The molecule has 78 valence electrons. The molecule has 0 saturated heterocycles. The predicted molar refractivity (Wildman–Crippen MR) is 63.9 cm³/mol. The Labute approximate surface area is 98.3 Å². The number of thiazole rings is 1. The first kappa shape index (κ1) is 10.4. The summed E-state index contributed by atoms with van der Waals surface area (Å²) in [5.41, 5.74) is 6.16. The number of rotatable bonds is 2. The van der Waals surface area contributed by atoms with Crippen molar-refractivity contribution in [2.75, 3.05) is 11.1 Å². The molecule has 0 spiro atoms. The number of halogens is 2. The van der Waals surface area contributed by atoms with E-state index < -0.39 is 0 Å². The molecule has 0 fully saturated rings. The van der Waals surface area contributed by atoms with Crippen molar-refractivity contribution < 1.29 is 4.39 Å². The van der Waals surface area contributed by atoms with Crippen LogP contribution in [0.1, 0.15) is 0 Å². The lowest BCUT2D eigenvalue weighted by molar-refractivity contribution is 0.622. The highest BCUT2D eigenvalue weighted by Gasteiger charge is 2.03. The van der Waals surface area contributed by atoms with Crippen LogP contribution in [0.15, 0.2) is 28.9 Å². The van der Waals surface area contributed by atoms with E-state index in [4.69, 9.17) is 5.73 Å². The van der Waals surface area contributed by atoms with Crippen molar-refractivity contribution >= 4 is 43.1 Å². The van der Waals surface area contributed by atoms with Gasteiger partial charge in [-0.2, -0.15) is 0 Å². The molecule has 0 aliphatic carbocycles. The quantitative estimate of drug-likeness (QED) is 0.890. The third kappa shape index (κ3) is 2.45. The van der Waals surface area contributed by atoms with Gasteiger partial charge in [-0.05, 0) is 34.1 Å². The van der Waals surface area contributed by atoms with Crippen molar-refractivity contribution in [2.24, 2.45) is 0 Å². The van der Waals surface area contributed by atoms with Crippen molar-refractivity contribution in [2.45, 2.75) is 0 Å². The second kappa shape index (κ2) is 4.16. The van der Waals surface area contributed by atoms with Crippen molar-refractivity contribution in [1.82, 2.24) is 4.98 Å². The third-order valence-corrected chi connectivity index (χ3v) is 3.08. The van der Waals surface area contributed by atoms with E-state index in [1.54, 1.807) is 18.3 Å². The molecule has 2 aromatic rings. The van der Waals surface area contributed by atoms with Crippen molar-refractivity contribution in [3.05, 3.63) is 34.7 Å². The van der Waals surface area contributed by atoms with Gasteiger partial charge < -0.3 is 11.1 Å². The zero-order valence-electron chi connectivity index (χ0n) is 7.50. The largest absolute Gasteiger partial charge is 0.389 e. The summed E-state index contributed by atoms with van der Waals surface area (Å²) in [5.74, 6) is -0.315. The van der Waals surface area contributed by atoms with Gasteiger partial charge in [-0.25, -0.2) is 9.37 Å². The molecule has 15 heavy (non-hydrogen) atoms. The third-order valence-electron chi connectivity index (χ3n) is 1.69. The van der Waals surface area contributed by atoms with Gasteiger partial charge >= 0.3 is 0 Å². The van der Waals surface area contributed by atoms with Gasteiger partial charge in [0.1, 0.15) is 10.8 Å². The maximum atomic E-state index is 13.2. The van der Waals surface area contributed by atoms with Gasteiger partial charge in [0, 0.05) is 5.69 Å². The van der Waals surface area contributed by atoms with Crippen LogP contribution in [0.5, 0.6) is 0 Å². The monoisotopic (exact) mass is 287 g/mol. The van der Waals surface area contributed by atoms with E-state index in [2.05, 4.69) is 26.2 Å². The van der Waals surface area contributed by atoms with Crippen molar-refractivity contribution in [3.8, 4) is 0 Å². The molecule has 0 bridgehead atoms. The number of hydrogen-bond donors (Lipinski definition) is 2. The second-order valence-corrected chi connectivity index (χ2v) is 4.74. The summed E-state index contributed by atoms with van der Waals surface area (Å²) in [6.07, 6.45) is 1.56. The first-order valence-corrected chi connectivity index (χ1v) is 5.69. The van der Waals surface area contributed by atoms with Crippen LogP contribution < -0.4 is 11.1 Å². The summed E-state index contributed by atoms with van der Waals surface area (Å²) in [6.45, 7) is 0. The minimum Gasteiger partial charge on any atom is -0.389 e. The Bertz CT molecular complexity index is 486. The molecule has 1 heterocycles. The maximum absolute atomic E-state index is 13.2. The van der Waals surface area contributed by atoms with Crippen LogP contribution in [0.25, 0.3) is 0 Å². The van der Waals surface area contributed by atoms with E-state index in [-0.39, 0.29) is 5.82 Å². The predicted octanol–water partition coefficient (Wildman–Crippen LogP) is 3.37. The lowest BCUT2D eigenvalue weighted by Crippen LogP contribution is -1.90. The zero-order valence-corrected chi connectivity index (χ0v) is 9.90. The van der Waals surface area contributed by atoms with Gasteiger partial charge in [-0.15, -0.1) is 0 Å². The summed E-state index contributed by atoms with van der Waals surface area (Å²) < 4.78 is 13.6. The van der Waals surface area contributed by atoms with Crippen LogP contribution in [0.3, 0.4) is 0 Å². The molecule has 2 rings (SSSR count). The van der Waals surface area contributed by atoms with E-state index in [9.17, 15) is 4.39 Å². The van der Waals surface area contributed by atoms with E-state index in [1.807, 2.05) is 0 Å². The lowest BCUT2D eigenvalue weighted by Gasteiger charge is -2.02. The lowest BCUT2D eigenvalue weighted by atomic mass is 10.3. The Morgan fingerprint density at radius 1 is 1.47 bits per heavy atom. The Balaban J connectivity index is 2.21. The molecule has 0 aliphatic heterocycles. The Morgan fingerprint density at radius 3 is 2.87 bits per heavy atom. The molecule has 0 saturated carbocycles. The van der Waals surface area contributed by atoms with Gasteiger partial charge in [-0.3, -0.25) is 0 Å². The first-order chi connectivity index (χ1) is 7.15. The number of nitrogens with one attached hydrogen (secondary N) is 1. The number of nitrogens with two attached hydrogens (primary N) is 1. The molecule has 3 nitrogen and oxygen atoms in total. The van der Waals surface area contributed by atoms with Gasteiger partial charge in [0.15, 0.2) is 5.13 Å². The fraction of sp³-hybridized carbons (Fsp3) is 0. The number of hydrogen-bond acceptors (Lipinski definition) is 4. The van der Waals surface area contributed by atoms with Gasteiger partial charge in [0.25, 0.3) is 0 Å². The van der Waals surface area contributed by atoms with Crippen molar-refractivity contribution in [3.63, 3.8) is 0 Å². The standard InChI is InChI=1S/C9H7BrFN3S/c10-6-2-1-5(3-7(6)11)14-9-13-4-8(12)15-9/h1-4H,12H2,(H,13,14). The highest BCUT2D eigenvalue weighted by molar-refractivity contribution is 9.10. The number of nitrogen functional groups attached to an aromatic ring is 1. The molecule has 0 unspecified atom stereocenters. The molecule has 0 radical (unpaired) electrons. The summed E-state index contributed by atoms with van der Waals surface area (Å²) in [4.78, 5) is 4.01. The SMILES string of the molecule is Nc1cnc(Nc2ccc(Br)c(F)c2)s1. The van der Waals surface area contributed by atoms with Crippen LogP contribution in [0.4, 0.5) is 20.2 Å². The van der Waals surface area contributed by atoms with Crippen LogP contribution in [0.2, 0.25) is 0 Å². The van der Waals surface area contributed by atoms with Crippen LogP contribution >= 0.6 is 27.3 Å². The number of nitrogens with zero attached hydrogens (tertiary/aromatic N) is 1. The number of anilines is 3. The van der Waals surface area contributed by atoms with Crippen LogP contribution in [-0.2, 0) is 0 Å². The topological polar surface area (TPSA) is 50.9 Å².